The quantitative estimate of drug-likeness (QED) is 0.0211. The van der Waals surface area contributed by atoms with Crippen LogP contribution in [0.25, 0.3) is 0 Å². The summed E-state index contributed by atoms with van der Waals surface area (Å²) in [4.78, 5) is 35.7. The van der Waals surface area contributed by atoms with E-state index in [2.05, 4.69) is 111 Å². The molecule has 0 aliphatic carbocycles. The first-order valence-electron chi connectivity index (χ1n) is 32.0. The Kier molecular flexibility index (Phi) is 56.3. The number of phosphoric ester groups is 1. The minimum atomic E-state index is -4.39. The van der Waals surface area contributed by atoms with E-state index in [9.17, 15) is 19.0 Å². The van der Waals surface area contributed by atoms with Crippen LogP contribution in [0.5, 0.6) is 0 Å². The van der Waals surface area contributed by atoms with Crippen LogP contribution >= 0.6 is 7.82 Å². The number of carbonyl (C=O) groups is 2. The molecule has 0 saturated heterocycles. The molecule has 0 aromatic rings. The van der Waals surface area contributed by atoms with Crippen molar-refractivity contribution in [1.82, 2.24) is 0 Å². The third-order valence-corrected chi connectivity index (χ3v) is 14.6. The highest BCUT2D eigenvalue weighted by Crippen LogP contribution is 2.43. The molecule has 0 rings (SSSR count). The Balaban J connectivity index is 4.04. The van der Waals surface area contributed by atoms with Gasteiger partial charge in [-0.3, -0.25) is 18.6 Å². The molecule has 0 aliphatic rings. The molecular formula is C68H121NO8P+. The number of quaternary nitrogens is 1. The number of rotatable bonds is 58. The van der Waals surface area contributed by atoms with Crippen LogP contribution in [0, 0.1) is 0 Å². The molecule has 2 atom stereocenters. The molecule has 0 amide bonds. The Morgan fingerprint density at radius 2 is 0.731 bits per heavy atom. The molecule has 0 spiro atoms. The Labute approximate surface area is 481 Å². The Bertz CT molecular complexity index is 1640. The molecule has 78 heavy (non-hydrogen) atoms. The van der Waals surface area contributed by atoms with Gasteiger partial charge in [0.25, 0.3) is 0 Å². The summed E-state index contributed by atoms with van der Waals surface area (Å²) in [5.41, 5.74) is 0. The van der Waals surface area contributed by atoms with E-state index in [4.69, 9.17) is 18.5 Å². The molecule has 0 aromatic heterocycles. The van der Waals surface area contributed by atoms with E-state index in [1.54, 1.807) is 0 Å². The first kappa shape index (κ1) is 74.9. The number of hydrogen-bond donors (Lipinski definition) is 1. The molecule has 0 fully saturated rings. The van der Waals surface area contributed by atoms with Gasteiger partial charge in [0.15, 0.2) is 6.10 Å². The third-order valence-electron chi connectivity index (χ3n) is 13.6. The molecule has 9 nitrogen and oxygen atoms in total. The van der Waals surface area contributed by atoms with Gasteiger partial charge in [-0.15, -0.1) is 0 Å². The van der Waals surface area contributed by atoms with Gasteiger partial charge in [0.2, 0.25) is 0 Å². The molecule has 0 bridgehead atoms. The van der Waals surface area contributed by atoms with Crippen molar-refractivity contribution in [3.05, 3.63) is 97.2 Å². The van der Waals surface area contributed by atoms with Gasteiger partial charge >= 0.3 is 19.8 Å². The fourth-order valence-electron chi connectivity index (χ4n) is 8.70. The zero-order chi connectivity index (χ0) is 57.0. The average molecular weight is 1110 g/mol. The largest absolute Gasteiger partial charge is 0.472 e. The van der Waals surface area contributed by atoms with E-state index in [-0.39, 0.29) is 32.0 Å². The molecule has 2 unspecified atom stereocenters. The standard InChI is InChI=1S/C68H120NO8P/c1-6-8-10-12-14-16-18-20-22-24-25-26-27-28-29-30-31-32-33-34-35-36-37-38-39-40-41-42-43-45-47-49-51-53-55-57-59-61-68(71)77-66(65-76-78(72,73)75-63-62-69(3,4)5)64-74-67(70)60-58-56-54-52-50-48-46-44-23-21-19-17-15-13-11-9-7-2/h8,10,14,16,20-23,25-26,28-29,31-32,34-35,66H,6-7,9,11-13,15,17-19,24,27,30,33,36-65H2,1-5H3/p+1/b10-8-,16-14-,22-20-,23-21-,26-25-,29-28-,32-31-,35-34-. The number of hydrogen-bond acceptors (Lipinski definition) is 7. The zero-order valence-electron chi connectivity index (χ0n) is 51.1. The van der Waals surface area contributed by atoms with Crippen molar-refractivity contribution in [2.75, 3.05) is 47.5 Å². The van der Waals surface area contributed by atoms with E-state index in [1.165, 1.54) is 148 Å². The molecule has 10 heteroatoms. The topological polar surface area (TPSA) is 108 Å². The number of carbonyl (C=O) groups excluding carboxylic acids is 2. The van der Waals surface area contributed by atoms with Crippen molar-refractivity contribution in [2.45, 2.75) is 277 Å². The molecule has 0 heterocycles. The van der Waals surface area contributed by atoms with Gasteiger partial charge in [-0.25, -0.2) is 4.57 Å². The minimum absolute atomic E-state index is 0.0288. The summed E-state index contributed by atoms with van der Waals surface area (Å²) < 4.78 is 34.6. The van der Waals surface area contributed by atoms with Gasteiger partial charge in [-0.2, -0.15) is 0 Å². The van der Waals surface area contributed by atoms with Gasteiger partial charge < -0.3 is 18.9 Å². The number of phosphoric acid groups is 1. The fraction of sp³-hybridized carbons (Fsp3) is 0.735. The van der Waals surface area contributed by atoms with Gasteiger partial charge in [-0.05, 0) is 96.3 Å². The molecule has 1 N–H and O–H groups in total. The van der Waals surface area contributed by atoms with E-state index < -0.39 is 26.5 Å². The van der Waals surface area contributed by atoms with Crippen LogP contribution in [0.15, 0.2) is 97.2 Å². The molecule has 0 aliphatic heterocycles. The summed E-state index contributed by atoms with van der Waals surface area (Å²) in [5, 5.41) is 0. The normalized spacial score (nSPS) is 13.9. The maximum Gasteiger partial charge on any atom is 0.472 e. The predicted octanol–water partition coefficient (Wildman–Crippen LogP) is 20.4. The second-order valence-electron chi connectivity index (χ2n) is 22.4. The van der Waals surface area contributed by atoms with Crippen molar-refractivity contribution in [1.29, 1.82) is 0 Å². The van der Waals surface area contributed by atoms with Gasteiger partial charge in [0.05, 0.1) is 27.7 Å². The molecule has 0 aromatic carbocycles. The summed E-state index contributed by atoms with van der Waals surface area (Å²) in [6, 6.07) is 0. The number of esters is 2. The minimum Gasteiger partial charge on any atom is -0.462 e. The lowest BCUT2D eigenvalue weighted by Crippen LogP contribution is -2.37. The van der Waals surface area contributed by atoms with E-state index >= 15 is 0 Å². The van der Waals surface area contributed by atoms with Gasteiger partial charge in [0, 0.05) is 12.8 Å². The van der Waals surface area contributed by atoms with Crippen LogP contribution in [-0.2, 0) is 32.7 Å². The lowest BCUT2D eigenvalue weighted by Gasteiger charge is -2.24. The number of unbranched alkanes of at least 4 members (excludes halogenated alkanes) is 28. The van der Waals surface area contributed by atoms with Crippen LogP contribution in [0.3, 0.4) is 0 Å². The SMILES string of the molecule is CC/C=C\C/C=C\C/C=C\C/C=C\C/C=C\C/C=C\C/C=C\CCCCCCCCCCCCCCCCCC(=O)OC(COC(=O)CCCCCCCCC/C=C\CCCCCCCC)COP(=O)(O)OCC[N+](C)(C)C. The van der Waals surface area contributed by atoms with Gasteiger partial charge in [-0.1, -0.05) is 259 Å². The Morgan fingerprint density at radius 3 is 1.10 bits per heavy atom. The summed E-state index contributed by atoms with van der Waals surface area (Å²) in [6.07, 6.45) is 80.6. The summed E-state index contributed by atoms with van der Waals surface area (Å²) in [5.74, 6) is -0.798. The Hall–Kier alpha value is -3.07. The third kappa shape index (κ3) is 62.1. The summed E-state index contributed by atoms with van der Waals surface area (Å²) in [6.45, 7) is 4.33. The van der Waals surface area contributed by atoms with E-state index in [0.717, 1.165) is 89.9 Å². The first-order valence-corrected chi connectivity index (χ1v) is 33.5. The van der Waals surface area contributed by atoms with Crippen LogP contribution in [-0.4, -0.2) is 74.9 Å². The lowest BCUT2D eigenvalue weighted by atomic mass is 10.0. The lowest BCUT2D eigenvalue weighted by molar-refractivity contribution is -0.870. The highest BCUT2D eigenvalue weighted by molar-refractivity contribution is 7.47. The second kappa shape index (κ2) is 58.6. The van der Waals surface area contributed by atoms with Crippen LogP contribution < -0.4 is 0 Å². The maximum absolute atomic E-state index is 12.8. The molecule has 450 valence electrons. The zero-order valence-corrected chi connectivity index (χ0v) is 52.0. The van der Waals surface area contributed by atoms with E-state index in [1.807, 2.05) is 21.1 Å². The van der Waals surface area contributed by atoms with Crippen LogP contribution in [0.4, 0.5) is 0 Å². The van der Waals surface area contributed by atoms with Crippen LogP contribution in [0.2, 0.25) is 0 Å². The van der Waals surface area contributed by atoms with Crippen molar-refractivity contribution >= 4 is 19.8 Å². The summed E-state index contributed by atoms with van der Waals surface area (Å²) in [7, 11) is 1.47. The first-order chi connectivity index (χ1) is 38.0. The smallest absolute Gasteiger partial charge is 0.462 e. The highest BCUT2D eigenvalue weighted by atomic mass is 31.2. The van der Waals surface area contributed by atoms with Gasteiger partial charge in [0.1, 0.15) is 19.8 Å². The van der Waals surface area contributed by atoms with Crippen molar-refractivity contribution in [3.8, 4) is 0 Å². The maximum atomic E-state index is 12.8. The Morgan fingerprint density at radius 1 is 0.410 bits per heavy atom. The summed E-state index contributed by atoms with van der Waals surface area (Å²) >= 11 is 0. The van der Waals surface area contributed by atoms with Crippen molar-refractivity contribution in [2.24, 2.45) is 0 Å². The second-order valence-corrected chi connectivity index (χ2v) is 23.9. The predicted molar refractivity (Wildman–Crippen MR) is 335 cm³/mol. The molecule has 0 radical (unpaired) electrons. The molecular weight excluding hydrogens is 990 g/mol. The average Bonchev–Trinajstić information content (AvgIpc) is 3.41. The van der Waals surface area contributed by atoms with Crippen molar-refractivity contribution in [3.63, 3.8) is 0 Å². The number of ether oxygens (including phenoxy) is 2. The van der Waals surface area contributed by atoms with E-state index in [0.29, 0.717) is 17.4 Å². The van der Waals surface area contributed by atoms with Crippen molar-refractivity contribution < 1.29 is 42.1 Å². The number of allylic oxidation sites excluding steroid dienone is 16. The molecule has 0 saturated carbocycles. The monoisotopic (exact) mass is 1110 g/mol. The number of likely N-dealkylation sites (N-methyl/N-ethyl adjacent to an activating group) is 1. The number of nitrogens with zero attached hydrogens (tertiary/aromatic N) is 1. The highest BCUT2D eigenvalue weighted by Gasteiger charge is 2.27. The van der Waals surface area contributed by atoms with Crippen LogP contribution in [0.1, 0.15) is 271 Å². The fourth-order valence-corrected chi connectivity index (χ4v) is 9.44.